The van der Waals surface area contributed by atoms with Crippen LogP contribution < -0.4 is 15.6 Å². The molecule has 0 saturated heterocycles. The number of hydrogen-bond donors (Lipinski definition) is 1. The van der Waals surface area contributed by atoms with Gasteiger partial charge in [0.1, 0.15) is 11.5 Å². The molecular formula is C23H19BrN4O3. The van der Waals surface area contributed by atoms with Crippen LogP contribution in [0.2, 0.25) is 0 Å². The number of benzene rings is 2. The Labute approximate surface area is 186 Å². The van der Waals surface area contributed by atoms with E-state index in [-0.39, 0.29) is 24.4 Å². The molecule has 0 saturated carbocycles. The van der Waals surface area contributed by atoms with E-state index in [1.807, 2.05) is 25.1 Å². The number of nitrogens with one attached hydrogen (secondary N) is 1. The second-order valence-electron chi connectivity index (χ2n) is 6.97. The normalized spacial score (nSPS) is 10.8. The summed E-state index contributed by atoms with van der Waals surface area (Å²) in [6.45, 7) is 2.14. The fraction of sp³-hybridized carbons (Fsp3) is 0.130. The van der Waals surface area contributed by atoms with E-state index in [4.69, 9.17) is 4.74 Å². The topological polar surface area (TPSA) is 86.1 Å². The van der Waals surface area contributed by atoms with Crippen LogP contribution in [0.15, 0.2) is 76.5 Å². The third-order valence-corrected chi connectivity index (χ3v) is 5.18. The predicted molar refractivity (Wildman–Crippen MR) is 122 cm³/mol. The van der Waals surface area contributed by atoms with E-state index < -0.39 is 0 Å². The Morgan fingerprint density at radius 1 is 1.19 bits per heavy atom. The van der Waals surface area contributed by atoms with Gasteiger partial charge >= 0.3 is 0 Å². The number of fused-ring (bicyclic) bond motifs is 1. The van der Waals surface area contributed by atoms with Crippen LogP contribution in [0.5, 0.6) is 11.5 Å². The predicted octanol–water partition coefficient (Wildman–Crippen LogP) is 4.68. The maximum Gasteiger partial charge on any atom is 0.261 e. The Morgan fingerprint density at radius 3 is 2.84 bits per heavy atom. The minimum absolute atomic E-state index is 0.147. The summed E-state index contributed by atoms with van der Waals surface area (Å²) < 4.78 is 8.06. The molecule has 31 heavy (non-hydrogen) atoms. The van der Waals surface area contributed by atoms with Crippen LogP contribution >= 0.6 is 15.9 Å². The minimum Gasteiger partial charge on any atom is -0.455 e. The Kier molecular flexibility index (Phi) is 6.08. The Hall–Kier alpha value is -3.52. The fourth-order valence-corrected chi connectivity index (χ4v) is 3.47. The van der Waals surface area contributed by atoms with E-state index in [1.54, 1.807) is 42.7 Å². The Balaban J connectivity index is 1.40. The van der Waals surface area contributed by atoms with Crippen LogP contribution in [0.25, 0.3) is 10.9 Å². The summed E-state index contributed by atoms with van der Waals surface area (Å²) in [5.41, 5.74) is 1.99. The first-order chi connectivity index (χ1) is 15.0. The lowest BCUT2D eigenvalue weighted by Gasteiger charge is -2.11. The van der Waals surface area contributed by atoms with Crippen molar-refractivity contribution in [1.82, 2.24) is 14.5 Å². The van der Waals surface area contributed by atoms with Crippen molar-refractivity contribution in [2.75, 3.05) is 5.32 Å². The molecule has 0 radical (unpaired) electrons. The number of hydrogen-bond acceptors (Lipinski definition) is 5. The molecule has 0 aliphatic heterocycles. The van der Waals surface area contributed by atoms with Gasteiger partial charge in [0.25, 0.3) is 5.56 Å². The zero-order valence-electron chi connectivity index (χ0n) is 16.7. The van der Waals surface area contributed by atoms with Crippen LogP contribution in [-0.2, 0) is 11.3 Å². The van der Waals surface area contributed by atoms with Crippen LogP contribution in [0, 0.1) is 6.92 Å². The van der Waals surface area contributed by atoms with Gasteiger partial charge in [-0.2, -0.15) is 0 Å². The van der Waals surface area contributed by atoms with E-state index in [1.165, 1.54) is 10.9 Å². The van der Waals surface area contributed by atoms with Crippen molar-refractivity contribution >= 4 is 38.4 Å². The molecule has 0 unspecified atom stereocenters. The average Bonchev–Trinajstić information content (AvgIpc) is 2.76. The first-order valence-electron chi connectivity index (χ1n) is 9.63. The van der Waals surface area contributed by atoms with Crippen LogP contribution in [0.4, 0.5) is 5.69 Å². The van der Waals surface area contributed by atoms with Gasteiger partial charge in [0.2, 0.25) is 5.91 Å². The highest BCUT2D eigenvalue weighted by Crippen LogP contribution is 2.26. The Bertz CT molecular complexity index is 1310. The zero-order chi connectivity index (χ0) is 21.8. The summed E-state index contributed by atoms with van der Waals surface area (Å²) in [5, 5.41) is 3.37. The largest absolute Gasteiger partial charge is 0.455 e. The number of amides is 1. The highest BCUT2D eigenvalue weighted by atomic mass is 79.9. The van der Waals surface area contributed by atoms with Gasteiger partial charge in [-0.25, -0.2) is 4.98 Å². The quantitative estimate of drug-likeness (QED) is 0.434. The molecule has 1 amide bonds. The van der Waals surface area contributed by atoms with Gasteiger partial charge in [-0.05, 0) is 61.0 Å². The van der Waals surface area contributed by atoms with Gasteiger partial charge in [-0.15, -0.1) is 0 Å². The SMILES string of the molecule is Cc1cc(NC(=O)CCn2cnc3ccc(Br)cc3c2=O)ccc1Oc1cccnc1. The molecule has 0 bridgehead atoms. The molecule has 2 heterocycles. The highest BCUT2D eigenvalue weighted by Gasteiger charge is 2.09. The lowest BCUT2D eigenvalue weighted by atomic mass is 10.2. The highest BCUT2D eigenvalue weighted by molar-refractivity contribution is 9.10. The van der Waals surface area contributed by atoms with Crippen molar-refractivity contribution in [1.29, 1.82) is 0 Å². The van der Waals surface area contributed by atoms with Crippen molar-refractivity contribution in [3.8, 4) is 11.5 Å². The van der Waals surface area contributed by atoms with E-state index in [0.717, 1.165) is 10.0 Å². The number of halogens is 1. The molecule has 2 aromatic heterocycles. The molecule has 1 N–H and O–H groups in total. The number of nitrogens with zero attached hydrogens (tertiary/aromatic N) is 3. The number of anilines is 1. The number of aryl methyl sites for hydroxylation is 2. The third kappa shape index (κ3) is 4.97. The fourth-order valence-electron chi connectivity index (χ4n) is 3.11. The van der Waals surface area contributed by atoms with Gasteiger partial charge < -0.3 is 10.1 Å². The Morgan fingerprint density at radius 2 is 2.06 bits per heavy atom. The van der Waals surface area contributed by atoms with Gasteiger partial charge in [-0.3, -0.25) is 19.1 Å². The lowest BCUT2D eigenvalue weighted by molar-refractivity contribution is -0.116. The van der Waals surface area contributed by atoms with Crippen molar-refractivity contribution in [2.24, 2.45) is 0 Å². The van der Waals surface area contributed by atoms with Gasteiger partial charge in [-0.1, -0.05) is 15.9 Å². The summed E-state index contributed by atoms with van der Waals surface area (Å²) in [6, 6.07) is 14.4. The second kappa shape index (κ2) is 9.09. The summed E-state index contributed by atoms with van der Waals surface area (Å²) >= 11 is 3.37. The van der Waals surface area contributed by atoms with Crippen LogP contribution in [0.1, 0.15) is 12.0 Å². The summed E-state index contributed by atoms with van der Waals surface area (Å²) in [5.74, 6) is 1.14. The summed E-state index contributed by atoms with van der Waals surface area (Å²) in [6.07, 6.45) is 4.94. The van der Waals surface area contributed by atoms with Gasteiger partial charge in [0, 0.05) is 29.3 Å². The lowest BCUT2D eigenvalue weighted by Crippen LogP contribution is -2.23. The number of carbonyl (C=O) groups is 1. The number of pyridine rings is 1. The second-order valence-corrected chi connectivity index (χ2v) is 7.89. The molecule has 156 valence electrons. The number of ether oxygens (including phenoxy) is 1. The molecule has 0 aliphatic rings. The first-order valence-corrected chi connectivity index (χ1v) is 10.4. The molecule has 4 aromatic rings. The molecule has 8 heteroatoms. The molecule has 0 aliphatic carbocycles. The van der Waals surface area contributed by atoms with E-state index in [0.29, 0.717) is 28.1 Å². The van der Waals surface area contributed by atoms with Crippen molar-refractivity contribution in [3.63, 3.8) is 0 Å². The average molecular weight is 479 g/mol. The van der Waals surface area contributed by atoms with Crippen molar-refractivity contribution in [2.45, 2.75) is 19.9 Å². The number of carbonyl (C=O) groups excluding carboxylic acids is 1. The maximum absolute atomic E-state index is 12.6. The molecular weight excluding hydrogens is 460 g/mol. The van der Waals surface area contributed by atoms with E-state index in [2.05, 4.69) is 31.2 Å². The third-order valence-electron chi connectivity index (χ3n) is 4.69. The van der Waals surface area contributed by atoms with Gasteiger partial charge in [0.05, 0.1) is 23.4 Å². The molecule has 2 aromatic carbocycles. The van der Waals surface area contributed by atoms with E-state index >= 15 is 0 Å². The smallest absolute Gasteiger partial charge is 0.261 e. The van der Waals surface area contributed by atoms with Crippen LogP contribution in [0.3, 0.4) is 0 Å². The number of rotatable bonds is 6. The summed E-state index contributed by atoms with van der Waals surface area (Å²) in [4.78, 5) is 33.4. The summed E-state index contributed by atoms with van der Waals surface area (Å²) in [7, 11) is 0. The number of aromatic nitrogens is 3. The minimum atomic E-state index is -0.193. The molecule has 0 fully saturated rings. The first kappa shape index (κ1) is 20.7. The zero-order valence-corrected chi connectivity index (χ0v) is 18.3. The molecule has 4 rings (SSSR count). The monoisotopic (exact) mass is 478 g/mol. The maximum atomic E-state index is 12.6. The van der Waals surface area contributed by atoms with E-state index in [9.17, 15) is 9.59 Å². The van der Waals surface area contributed by atoms with Crippen LogP contribution in [-0.4, -0.2) is 20.4 Å². The van der Waals surface area contributed by atoms with Gasteiger partial charge in [0.15, 0.2) is 0 Å². The standard InChI is InChI=1S/C23H19BrN4O3/c1-15-11-17(5-7-21(15)31-18-3-2-9-25-13-18)27-22(29)8-10-28-14-26-20-6-4-16(24)12-19(20)23(28)30/h2-7,9,11-14H,8,10H2,1H3,(H,27,29). The molecule has 0 spiro atoms. The molecule has 0 atom stereocenters. The van der Waals surface area contributed by atoms with Crippen molar-refractivity contribution < 1.29 is 9.53 Å². The van der Waals surface area contributed by atoms with Crippen molar-refractivity contribution in [3.05, 3.63) is 87.6 Å². The molecule has 7 nitrogen and oxygen atoms in total.